The molecular weight excluding hydrogens is 408 g/mol. The first-order valence-corrected chi connectivity index (χ1v) is 9.24. The van der Waals surface area contributed by atoms with Crippen LogP contribution in [-0.4, -0.2) is 9.85 Å². The monoisotopic (exact) mass is 422 g/mol. The van der Waals surface area contributed by atoms with Gasteiger partial charge in [0.2, 0.25) is 0 Å². The third-order valence-corrected chi connectivity index (χ3v) is 4.55. The Morgan fingerprint density at radius 2 is 1.06 bits per heavy atom. The molecular formula is C24H14N4O4. The Morgan fingerprint density at radius 1 is 0.688 bits per heavy atom. The van der Waals surface area contributed by atoms with Crippen molar-refractivity contribution in [3.8, 4) is 12.1 Å². The summed E-state index contributed by atoms with van der Waals surface area (Å²) in [4.78, 5) is 20.6. The van der Waals surface area contributed by atoms with E-state index in [9.17, 15) is 30.8 Å². The molecule has 0 bridgehead atoms. The number of hydrogen-bond acceptors (Lipinski definition) is 6. The third kappa shape index (κ3) is 5.09. The van der Waals surface area contributed by atoms with E-state index in [2.05, 4.69) is 12.1 Å². The van der Waals surface area contributed by atoms with Crippen molar-refractivity contribution in [3.63, 3.8) is 0 Å². The van der Waals surface area contributed by atoms with Crippen molar-refractivity contribution in [2.75, 3.05) is 0 Å². The summed E-state index contributed by atoms with van der Waals surface area (Å²) in [7, 11) is 0. The van der Waals surface area contributed by atoms with Gasteiger partial charge in [0.15, 0.2) is 0 Å². The summed E-state index contributed by atoms with van der Waals surface area (Å²) < 4.78 is 0. The van der Waals surface area contributed by atoms with Crippen LogP contribution in [-0.2, 0) is 0 Å². The Morgan fingerprint density at radius 3 is 1.38 bits per heavy atom. The van der Waals surface area contributed by atoms with Crippen LogP contribution in [0.15, 0.2) is 72.8 Å². The van der Waals surface area contributed by atoms with E-state index in [1.807, 2.05) is 0 Å². The second-order valence-electron chi connectivity index (χ2n) is 6.62. The Kier molecular flexibility index (Phi) is 6.50. The minimum atomic E-state index is -0.507. The van der Waals surface area contributed by atoms with Crippen molar-refractivity contribution in [2.24, 2.45) is 0 Å². The lowest BCUT2D eigenvalue weighted by Crippen LogP contribution is -1.89. The van der Waals surface area contributed by atoms with Gasteiger partial charge in [-0.25, -0.2) is 0 Å². The Balaban J connectivity index is 1.92. The van der Waals surface area contributed by atoms with E-state index in [0.29, 0.717) is 33.4 Å². The van der Waals surface area contributed by atoms with E-state index in [4.69, 9.17) is 0 Å². The van der Waals surface area contributed by atoms with Crippen LogP contribution in [0.4, 0.5) is 11.4 Å². The second kappa shape index (κ2) is 9.61. The summed E-state index contributed by atoms with van der Waals surface area (Å²) in [6.45, 7) is 0. The van der Waals surface area contributed by atoms with Crippen molar-refractivity contribution in [3.05, 3.63) is 115 Å². The maximum absolute atomic E-state index is 10.8. The average molecular weight is 422 g/mol. The predicted octanol–water partition coefficient (Wildman–Crippen LogP) is 5.63. The van der Waals surface area contributed by atoms with Gasteiger partial charge in [0.25, 0.3) is 11.4 Å². The normalized spacial score (nSPS) is 11.3. The molecule has 0 aliphatic rings. The highest BCUT2D eigenvalue weighted by Gasteiger charge is 2.09. The van der Waals surface area contributed by atoms with Gasteiger partial charge in [-0.2, -0.15) is 10.5 Å². The lowest BCUT2D eigenvalue weighted by molar-refractivity contribution is -0.385. The molecule has 32 heavy (non-hydrogen) atoms. The molecule has 0 radical (unpaired) electrons. The topological polar surface area (TPSA) is 134 Å². The fourth-order valence-corrected chi connectivity index (χ4v) is 2.96. The predicted molar refractivity (Wildman–Crippen MR) is 120 cm³/mol. The van der Waals surface area contributed by atoms with Crippen LogP contribution in [0.5, 0.6) is 0 Å². The summed E-state index contributed by atoms with van der Waals surface area (Å²) in [5.74, 6) is 0. The highest BCUT2D eigenvalue weighted by Crippen LogP contribution is 2.24. The van der Waals surface area contributed by atoms with Gasteiger partial charge in [-0.15, -0.1) is 0 Å². The molecule has 0 unspecified atom stereocenters. The summed E-state index contributed by atoms with van der Waals surface area (Å²) in [6.07, 6.45) is 3.30. The van der Waals surface area contributed by atoms with Crippen molar-refractivity contribution in [1.29, 1.82) is 10.5 Å². The van der Waals surface area contributed by atoms with E-state index in [1.54, 1.807) is 36.4 Å². The molecule has 0 saturated heterocycles. The lowest BCUT2D eigenvalue weighted by atomic mass is 10.0. The number of nitriles is 2. The van der Waals surface area contributed by atoms with Gasteiger partial charge >= 0.3 is 0 Å². The number of benzene rings is 3. The molecule has 154 valence electrons. The number of nitro benzene ring substituents is 2. The standard InChI is InChI=1S/C24H14N4O4/c25-15-21(19-4-8-23(9-5-19)27(29)30)13-17-2-1-3-18(12-17)14-22(16-26)20-6-10-24(11-7-20)28(31)32/h1-14H. The van der Waals surface area contributed by atoms with Gasteiger partial charge in [0, 0.05) is 24.3 Å². The second-order valence-corrected chi connectivity index (χ2v) is 6.62. The number of nitrogens with zero attached hydrogens (tertiary/aromatic N) is 4. The zero-order chi connectivity index (χ0) is 23.1. The van der Waals surface area contributed by atoms with Gasteiger partial charge in [0.1, 0.15) is 0 Å². The lowest BCUT2D eigenvalue weighted by Gasteiger charge is -2.03. The molecule has 0 heterocycles. The largest absolute Gasteiger partial charge is 0.269 e. The van der Waals surface area contributed by atoms with E-state index in [0.717, 1.165) is 0 Å². The number of nitro groups is 2. The number of allylic oxidation sites excluding steroid dienone is 2. The highest BCUT2D eigenvalue weighted by atomic mass is 16.6. The van der Waals surface area contributed by atoms with Gasteiger partial charge in [-0.05, 0) is 64.7 Å². The van der Waals surface area contributed by atoms with Crippen LogP contribution in [0.25, 0.3) is 23.3 Å². The molecule has 0 aromatic heterocycles. The van der Waals surface area contributed by atoms with Crippen LogP contribution in [0, 0.1) is 42.9 Å². The summed E-state index contributed by atoms with van der Waals surface area (Å²) in [5.41, 5.74) is 3.03. The zero-order valence-electron chi connectivity index (χ0n) is 16.5. The van der Waals surface area contributed by atoms with Gasteiger partial charge in [-0.1, -0.05) is 18.2 Å². The molecule has 3 aromatic rings. The summed E-state index contributed by atoms with van der Waals surface area (Å²) >= 11 is 0. The molecule has 0 aliphatic heterocycles. The number of rotatable bonds is 6. The molecule has 0 atom stereocenters. The first-order valence-electron chi connectivity index (χ1n) is 9.24. The van der Waals surface area contributed by atoms with Crippen molar-refractivity contribution in [1.82, 2.24) is 0 Å². The molecule has 8 nitrogen and oxygen atoms in total. The first kappa shape index (κ1) is 21.6. The molecule has 0 N–H and O–H groups in total. The Bertz CT molecular complexity index is 1230. The minimum Gasteiger partial charge on any atom is -0.258 e. The molecule has 8 heteroatoms. The van der Waals surface area contributed by atoms with Crippen LogP contribution in [0.1, 0.15) is 22.3 Å². The maximum atomic E-state index is 10.8. The van der Waals surface area contributed by atoms with E-state index in [-0.39, 0.29) is 11.4 Å². The van der Waals surface area contributed by atoms with Crippen molar-refractivity contribution >= 4 is 34.7 Å². The van der Waals surface area contributed by atoms with Crippen LogP contribution < -0.4 is 0 Å². The first-order chi connectivity index (χ1) is 15.4. The molecule has 0 saturated carbocycles. The molecule has 3 rings (SSSR count). The molecule has 0 spiro atoms. The van der Waals surface area contributed by atoms with E-state index >= 15 is 0 Å². The molecule has 0 amide bonds. The van der Waals surface area contributed by atoms with Gasteiger partial charge < -0.3 is 0 Å². The Labute approximate surface area is 182 Å². The molecule has 0 fully saturated rings. The zero-order valence-corrected chi connectivity index (χ0v) is 16.5. The summed E-state index contributed by atoms with van der Waals surface area (Å²) in [5, 5.41) is 40.7. The van der Waals surface area contributed by atoms with Gasteiger partial charge in [0.05, 0.1) is 33.1 Å². The fraction of sp³-hybridized carbons (Fsp3) is 0. The average Bonchev–Trinajstić information content (AvgIpc) is 2.81. The van der Waals surface area contributed by atoms with E-state index < -0.39 is 9.85 Å². The number of hydrogen-bond donors (Lipinski definition) is 0. The Hall–Kier alpha value is -5.08. The van der Waals surface area contributed by atoms with Gasteiger partial charge in [-0.3, -0.25) is 20.2 Å². The SMILES string of the molecule is N#CC(=Cc1cccc(C=C(C#N)c2ccc([N+](=O)[O-])cc2)c1)c1ccc([N+](=O)[O-])cc1. The van der Waals surface area contributed by atoms with Crippen LogP contribution >= 0.6 is 0 Å². The van der Waals surface area contributed by atoms with Crippen LogP contribution in [0.2, 0.25) is 0 Å². The van der Waals surface area contributed by atoms with E-state index in [1.165, 1.54) is 48.5 Å². The van der Waals surface area contributed by atoms with Crippen molar-refractivity contribution < 1.29 is 9.85 Å². The maximum Gasteiger partial charge on any atom is 0.269 e. The summed E-state index contributed by atoms with van der Waals surface area (Å²) in [6, 6.07) is 22.7. The van der Waals surface area contributed by atoms with Crippen molar-refractivity contribution in [2.45, 2.75) is 0 Å². The highest BCUT2D eigenvalue weighted by molar-refractivity contribution is 5.92. The number of non-ortho nitro benzene ring substituents is 2. The molecule has 0 aliphatic carbocycles. The van der Waals surface area contributed by atoms with Crippen LogP contribution in [0.3, 0.4) is 0 Å². The molecule has 3 aromatic carbocycles. The quantitative estimate of drug-likeness (QED) is 0.219. The smallest absolute Gasteiger partial charge is 0.258 e. The third-order valence-electron chi connectivity index (χ3n) is 4.55. The fourth-order valence-electron chi connectivity index (χ4n) is 2.96. The minimum absolute atomic E-state index is 0.0616.